The van der Waals surface area contributed by atoms with E-state index in [4.69, 9.17) is 10.1 Å². The highest BCUT2D eigenvalue weighted by molar-refractivity contribution is 8.19. The van der Waals surface area contributed by atoms with Crippen LogP contribution in [0.4, 0.5) is 0 Å². The maximum absolute atomic E-state index is 12.5. The summed E-state index contributed by atoms with van der Waals surface area (Å²) in [6.45, 7) is 0. The van der Waals surface area contributed by atoms with Crippen molar-refractivity contribution in [3.8, 4) is 11.5 Å². The molecule has 1 aromatic carbocycles. The number of carbonyl (C=O) groups excluding carboxylic acids is 1. The van der Waals surface area contributed by atoms with Gasteiger partial charge in [0.05, 0.1) is 17.1 Å². The standard InChI is InChI=1S/C15H12N2O3S2/c1-20-9-4-2-3-8(12(9)18)7-10-13(19)11(14(16)22-10)15-17-5-6-21-15/h2-7,11,16,18H,1H3/b10-7-,16-14?/t11-/m0/s1. The van der Waals surface area contributed by atoms with E-state index in [0.717, 1.165) is 11.8 Å². The van der Waals surface area contributed by atoms with Gasteiger partial charge in [0.1, 0.15) is 10.9 Å². The van der Waals surface area contributed by atoms with Crippen LogP contribution in [-0.2, 0) is 4.79 Å². The number of Topliss-reactive ketones (excluding diaryl/α,β-unsaturated/α-hetero) is 1. The Bertz CT molecular complexity index is 769. The minimum Gasteiger partial charge on any atom is -0.504 e. The molecule has 1 saturated heterocycles. The second-order valence-corrected chi connectivity index (χ2v) is 6.55. The van der Waals surface area contributed by atoms with E-state index in [-0.39, 0.29) is 16.6 Å². The van der Waals surface area contributed by atoms with Crippen LogP contribution in [0, 0.1) is 5.41 Å². The van der Waals surface area contributed by atoms with Crippen LogP contribution in [0.3, 0.4) is 0 Å². The molecule has 0 saturated carbocycles. The third kappa shape index (κ3) is 2.53. The molecule has 5 nitrogen and oxygen atoms in total. The first-order valence-corrected chi connectivity index (χ1v) is 8.09. The molecule has 2 aromatic rings. The van der Waals surface area contributed by atoms with Crippen molar-refractivity contribution >= 4 is 40.0 Å². The number of methoxy groups -OCH3 is 1. The fraction of sp³-hybridized carbons (Fsp3) is 0.133. The fourth-order valence-electron chi connectivity index (χ4n) is 2.15. The normalized spacial score (nSPS) is 19.9. The number of phenolic OH excluding ortho intramolecular Hbond substituents is 1. The van der Waals surface area contributed by atoms with Crippen molar-refractivity contribution in [2.75, 3.05) is 7.11 Å². The number of nitrogens with zero attached hydrogens (tertiary/aromatic N) is 1. The summed E-state index contributed by atoms with van der Waals surface area (Å²) >= 11 is 2.47. The van der Waals surface area contributed by atoms with Gasteiger partial charge in [0.2, 0.25) is 0 Å². The molecule has 0 amide bonds. The topological polar surface area (TPSA) is 83.3 Å². The molecule has 1 aliphatic heterocycles. The van der Waals surface area contributed by atoms with Gasteiger partial charge in [0, 0.05) is 17.1 Å². The number of ketones is 1. The first kappa shape index (κ1) is 14.8. The zero-order chi connectivity index (χ0) is 15.7. The number of thioether (sulfide) groups is 1. The van der Waals surface area contributed by atoms with Crippen molar-refractivity contribution in [3.63, 3.8) is 0 Å². The molecule has 0 spiro atoms. The summed E-state index contributed by atoms with van der Waals surface area (Å²) in [6, 6.07) is 5.07. The van der Waals surface area contributed by atoms with Crippen LogP contribution in [-0.4, -0.2) is 28.0 Å². The molecule has 1 aliphatic rings. The number of aromatic hydroxyl groups is 1. The van der Waals surface area contributed by atoms with Crippen molar-refractivity contribution in [1.82, 2.24) is 4.98 Å². The number of hydrogen-bond donors (Lipinski definition) is 2. The van der Waals surface area contributed by atoms with E-state index in [1.54, 1.807) is 35.9 Å². The Kier molecular flexibility index (Phi) is 4.00. The Hall–Kier alpha value is -2.12. The maximum Gasteiger partial charge on any atom is 0.186 e. The van der Waals surface area contributed by atoms with E-state index in [2.05, 4.69) is 4.98 Å². The predicted molar refractivity (Wildman–Crippen MR) is 87.8 cm³/mol. The summed E-state index contributed by atoms with van der Waals surface area (Å²) in [5.41, 5.74) is 0.489. The molecule has 22 heavy (non-hydrogen) atoms. The molecule has 1 fully saturated rings. The summed E-state index contributed by atoms with van der Waals surface area (Å²) in [6.07, 6.45) is 3.22. The molecule has 0 unspecified atom stereocenters. The highest BCUT2D eigenvalue weighted by Crippen LogP contribution is 2.42. The first-order chi connectivity index (χ1) is 10.6. The lowest BCUT2D eigenvalue weighted by atomic mass is 10.0. The Morgan fingerprint density at radius 1 is 1.45 bits per heavy atom. The number of phenols is 1. The van der Waals surface area contributed by atoms with Gasteiger partial charge in [0.25, 0.3) is 0 Å². The predicted octanol–water partition coefficient (Wildman–Crippen LogP) is 3.28. The summed E-state index contributed by atoms with van der Waals surface area (Å²) in [5, 5.41) is 20.8. The minimum absolute atomic E-state index is 0.0184. The van der Waals surface area contributed by atoms with E-state index < -0.39 is 5.92 Å². The molecule has 3 rings (SSSR count). The molecule has 112 valence electrons. The first-order valence-electron chi connectivity index (χ1n) is 6.39. The van der Waals surface area contributed by atoms with Gasteiger partial charge in [-0.25, -0.2) is 4.98 Å². The number of rotatable bonds is 3. The Balaban J connectivity index is 1.97. The number of aromatic nitrogens is 1. The molecule has 0 radical (unpaired) electrons. The van der Waals surface area contributed by atoms with Crippen LogP contribution in [0.15, 0.2) is 34.7 Å². The monoisotopic (exact) mass is 332 g/mol. The van der Waals surface area contributed by atoms with Gasteiger partial charge in [-0.1, -0.05) is 23.9 Å². The smallest absolute Gasteiger partial charge is 0.186 e. The molecular formula is C15H12N2O3S2. The van der Waals surface area contributed by atoms with Crippen LogP contribution < -0.4 is 4.74 Å². The number of thiazole rings is 1. The Morgan fingerprint density at radius 2 is 2.27 bits per heavy atom. The summed E-state index contributed by atoms with van der Waals surface area (Å²) in [4.78, 5) is 17.1. The molecule has 0 aliphatic carbocycles. The van der Waals surface area contributed by atoms with Crippen LogP contribution in [0.1, 0.15) is 16.5 Å². The van der Waals surface area contributed by atoms with Crippen molar-refractivity contribution in [1.29, 1.82) is 5.41 Å². The third-order valence-electron chi connectivity index (χ3n) is 3.22. The van der Waals surface area contributed by atoms with E-state index in [9.17, 15) is 9.90 Å². The van der Waals surface area contributed by atoms with Gasteiger partial charge in [-0.3, -0.25) is 10.2 Å². The second kappa shape index (κ2) is 5.94. The summed E-state index contributed by atoms with van der Waals surface area (Å²) in [7, 11) is 1.47. The molecule has 2 N–H and O–H groups in total. The van der Waals surface area contributed by atoms with Crippen LogP contribution in [0.2, 0.25) is 0 Å². The highest BCUT2D eigenvalue weighted by Gasteiger charge is 2.38. The van der Waals surface area contributed by atoms with E-state index in [0.29, 0.717) is 21.2 Å². The van der Waals surface area contributed by atoms with Gasteiger partial charge in [-0.2, -0.15) is 0 Å². The van der Waals surface area contributed by atoms with Gasteiger partial charge in [-0.05, 0) is 12.1 Å². The van der Waals surface area contributed by atoms with Crippen LogP contribution in [0.25, 0.3) is 6.08 Å². The molecule has 0 bridgehead atoms. The van der Waals surface area contributed by atoms with Gasteiger partial charge in [-0.15, -0.1) is 11.3 Å². The van der Waals surface area contributed by atoms with E-state index >= 15 is 0 Å². The number of allylic oxidation sites excluding steroid dienone is 1. The molecule has 1 aromatic heterocycles. The minimum atomic E-state index is -0.621. The summed E-state index contributed by atoms with van der Waals surface area (Å²) in [5.74, 6) is -0.456. The Labute approximate surface area is 135 Å². The van der Waals surface area contributed by atoms with Crippen molar-refractivity contribution < 1.29 is 14.6 Å². The largest absolute Gasteiger partial charge is 0.504 e. The number of hydrogen-bond acceptors (Lipinski definition) is 7. The number of carbonyl (C=O) groups is 1. The lowest BCUT2D eigenvalue weighted by Gasteiger charge is -2.06. The Morgan fingerprint density at radius 3 is 2.95 bits per heavy atom. The fourth-order valence-corrected chi connectivity index (χ4v) is 3.95. The number of benzene rings is 1. The van der Waals surface area contributed by atoms with Gasteiger partial charge >= 0.3 is 0 Å². The molecular weight excluding hydrogens is 320 g/mol. The SMILES string of the molecule is COc1cccc(/C=C2\SC(=N)[C@@H](c3nccs3)C2=O)c1O. The highest BCUT2D eigenvalue weighted by atomic mass is 32.2. The lowest BCUT2D eigenvalue weighted by Crippen LogP contribution is -2.11. The number of para-hydroxylation sites is 1. The van der Waals surface area contributed by atoms with Crippen LogP contribution in [0.5, 0.6) is 11.5 Å². The lowest BCUT2D eigenvalue weighted by molar-refractivity contribution is -0.114. The molecule has 1 atom stereocenters. The van der Waals surface area contributed by atoms with Gasteiger partial charge in [0.15, 0.2) is 17.3 Å². The summed E-state index contributed by atoms with van der Waals surface area (Å²) < 4.78 is 5.06. The van der Waals surface area contributed by atoms with Crippen molar-refractivity contribution in [2.45, 2.75) is 5.92 Å². The van der Waals surface area contributed by atoms with E-state index in [1.165, 1.54) is 18.4 Å². The number of nitrogens with one attached hydrogen (secondary N) is 1. The molecule has 7 heteroatoms. The van der Waals surface area contributed by atoms with Crippen LogP contribution >= 0.6 is 23.1 Å². The van der Waals surface area contributed by atoms with Crippen molar-refractivity contribution in [3.05, 3.63) is 45.3 Å². The van der Waals surface area contributed by atoms with E-state index in [1.807, 2.05) is 0 Å². The third-order valence-corrected chi connectivity index (χ3v) is 5.06. The number of ether oxygens (including phenoxy) is 1. The van der Waals surface area contributed by atoms with Gasteiger partial charge < -0.3 is 9.84 Å². The quantitative estimate of drug-likeness (QED) is 0.843. The zero-order valence-corrected chi connectivity index (χ0v) is 13.2. The van der Waals surface area contributed by atoms with Crippen molar-refractivity contribution in [2.24, 2.45) is 0 Å². The maximum atomic E-state index is 12.5. The second-order valence-electron chi connectivity index (χ2n) is 4.54. The zero-order valence-electron chi connectivity index (χ0n) is 11.6. The molecule has 2 heterocycles. The average Bonchev–Trinajstić information content (AvgIpc) is 3.10. The average molecular weight is 332 g/mol.